The van der Waals surface area contributed by atoms with Gasteiger partial charge in [0.25, 0.3) is 0 Å². The first kappa shape index (κ1) is 11.7. The lowest BCUT2D eigenvalue weighted by molar-refractivity contribution is 0.233. The summed E-state index contributed by atoms with van der Waals surface area (Å²) in [5.74, 6) is 2.41. The molecule has 1 aliphatic rings. The number of piperidine rings is 1. The van der Waals surface area contributed by atoms with E-state index in [2.05, 4.69) is 49.5 Å². The van der Waals surface area contributed by atoms with Crippen molar-refractivity contribution in [1.29, 1.82) is 0 Å². The molecule has 1 saturated heterocycles. The predicted octanol–water partition coefficient (Wildman–Crippen LogP) is 3.43. The van der Waals surface area contributed by atoms with Crippen molar-refractivity contribution in [1.82, 2.24) is 5.32 Å². The molecule has 2 rings (SSSR count). The molecule has 0 aliphatic carbocycles. The molecule has 16 heavy (non-hydrogen) atoms. The Morgan fingerprint density at radius 1 is 1.31 bits per heavy atom. The third-order valence-corrected chi connectivity index (χ3v) is 4.14. The summed E-state index contributed by atoms with van der Waals surface area (Å²) in [7, 11) is 0. The van der Waals surface area contributed by atoms with Gasteiger partial charge in [-0.3, -0.25) is 0 Å². The summed E-state index contributed by atoms with van der Waals surface area (Å²) < 4.78 is 0. The molecule has 0 aromatic heterocycles. The Bertz CT molecular complexity index is 306. The van der Waals surface area contributed by atoms with E-state index in [1.165, 1.54) is 24.9 Å². The number of hydrogen-bond donors (Lipinski definition) is 1. The average molecular weight is 217 g/mol. The van der Waals surface area contributed by atoms with Crippen molar-refractivity contribution >= 4 is 0 Å². The van der Waals surface area contributed by atoms with Gasteiger partial charge in [0.15, 0.2) is 0 Å². The molecule has 0 amide bonds. The summed E-state index contributed by atoms with van der Waals surface area (Å²) in [5, 5.41) is 3.54. The van der Waals surface area contributed by atoms with Gasteiger partial charge in [-0.1, -0.05) is 50.6 Å². The van der Waals surface area contributed by atoms with E-state index in [9.17, 15) is 0 Å². The first-order valence-electron chi connectivity index (χ1n) is 6.58. The molecule has 1 nitrogen and oxygen atoms in total. The van der Waals surface area contributed by atoms with E-state index < -0.39 is 0 Å². The standard InChI is InChI=1S/C15H23N/c1-3-12(2)14-9-10-16-11-15(14)13-7-5-4-6-8-13/h4-8,12,14-16H,3,9-11H2,1-2H3. The summed E-state index contributed by atoms with van der Waals surface area (Å²) in [4.78, 5) is 0. The molecule has 0 bridgehead atoms. The zero-order chi connectivity index (χ0) is 11.4. The Morgan fingerprint density at radius 3 is 2.75 bits per heavy atom. The fourth-order valence-electron chi connectivity index (χ4n) is 2.93. The lowest BCUT2D eigenvalue weighted by atomic mass is 9.74. The Kier molecular flexibility index (Phi) is 4.00. The highest BCUT2D eigenvalue weighted by molar-refractivity contribution is 5.21. The van der Waals surface area contributed by atoms with Crippen molar-refractivity contribution in [3.8, 4) is 0 Å². The van der Waals surface area contributed by atoms with Gasteiger partial charge in [-0.05, 0) is 36.3 Å². The van der Waals surface area contributed by atoms with Gasteiger partial charge in [0, 0.05) is 6.54 Å². The average Bonchev–Trinajstić information content (AvgIpc) is 2.39. The second-order valence-electron chi connectivity index (χ2n) is 5.06. The number of hydrogen-bond acceptors (Lipinski definition) is 1. The van der Waals surface area contributed by atoms with Crippen LogP contribution in [0.1, 0.15) is 38.2 Å². The number of benzene rings is 1. The van der Waals surface area contributed by atoms with Gasteiger partial charge in [-0.25, -0.2) is 0 Å². The summed E-state index contributed by atoms with van der Waals surface area (Å²) in [5.41, 5.74) is 1.51. The molecule has 1 aliphatic heterocycles. The van der Waals surface area contributed by atoms with Crippen molar-refractivity contribution in [3.05, 3.63) is 35.9 Å². The number of nitrogens with one attached hydrogen (secondary N) is 1. The summed E-state index contributed by atoms with van der Waals surface area (Å²) in [6, 6.07) is 11.0. The van der Waals surface area contributed by atoms with E-state index in [-0.39, 0.29) is 0 Å². The highest BCUT2D eigenvalue weighted by atomic mass is 14.9. The predicted molar refractivity (Wildman–Crippen MR) is 69.6 cm³/mol. The van der Waals surface area contributed by atoms with Gasteiger partial charge in [0.1, 0.15) is 0 Å². The molecule has 1 N–H and O–H groups in total. The molecule has 1 fully saturated rings. The highest BCUT2D eigenvalue weighted by Gasteiger charge is 2.29. The minimum absolute atomic E-state index is 0.713. The van der Waals surface area contributed by atoms with Crippen LogP contribution in [0, 0.1) is 11.8 Å². The van der Waals surface area contributed by atoms with E-state index in [1.54, 1.807) is 0 Å². The minimum Gasteiger partial charge on any atom is -0.316 e. The van der Waals surface area contributed by atoms with Gasteiger partial charge >= 0.3 is 0 Å². The Balaban J connectivity index is 2.16. The molecule has 1 aromatic carbocycles. The van der Waals surface area contributed by atoms with Crippen LogP contribution in [0.5, 0.6) is 0 Å². The van der Waals surface area contributed by atoms with Crippen LogP contribution in [0.25, 0.3) is 0 Å². The van der Waals surface area contributed by atoms with Crippen molar-refractivity contribution < 1.29 is 0 Å². The fraction of sp³-hybridized carbons (Fsp3) is 0.600. The molecule has 3 atom stereocenters. The van der Waals surface area contributed by atoms with Crippen LogP contribution in [0.2, 0.25) is 0 Å². The quantitative estimate of drug-likeness (QED) is 0.818. The van der Waals surface area contributed by atoms with Crippen LogP contribution in [0.4, 0.5) is 0 Å². The third-order valence-electron chi connectivity index (χ3n) is 4.14. The normalized spacial score (nSPS) is 27.6. The molecule has 1 heterocycles. The molecular formula is C15H23N. The van der Waals surface area contributed by atoms with Crippen LogP contribution in [-0.2, 0) is 0 Å². The Hall–Kier alpha value is -0.820. The minimum atomic E-state index is 0.713. The van der Waals surface area contributed by atoms with Crippen LogP contribution in [-0.4, -0.2) is 13.1 Å². The van der Waals surface area contributed by atoms with E-state index in [0.29, 0.717) is 5.92 Å². The molecule has 1 heteroatoms. The molecule has 0 spiro atoms. The second-order valence-corrected chi connectivity index (χ2v) is 5.06. The largest absolute Gasteiger partial charge is 0.316 e. The first-order valence-corrected chi connectivity index (χ1v) is 6.58. The van der Waals surface area contributed by atoms with Crippen LogP contribution >= 0.6 is 0 Å². The van der Waals surface area contributed by atoms with E-state index in [1.807, 2.05) is 0 Å². The van der Waals surface area contributed by atoms with Crippen LogP contribution < -0.4 is 5.32 Å². The highest BCUT2D eigenvalue weighted by Crippen LogP contribution is 2.35. The van der Waals surface area contributed by atoms with Gasteiger partial charge in [-0.2, -0.15) is 0 Å². The van der Waals surface area contributed by atoms with Crippen molar-refractivity contribution in [2.24, 2.45) is 11.8 Å². The van der Waals surface area contributed by atoms with Crippen molar-refractivity contribution in [2.45, 2.75) is 32.6 Å². The molecule has 3 unspecified atom stereocenters. The van der Waals surface area contributed by atoms with Gasteiger partial charge < -0.3 is 5.32 Å². The Labute approximate surface area is 99.3 Å². The summed E-state index contributed by atoms with van der Waals surface area (Å²) >= 11 is 0. The van der Waals surface area contributed by atoms with Crippen LogP contribution in [0.3, 0.4) is 0 Å². The maximum Gasteiger partial charge on any atom is 0.00229 e. The maximum absolute atomic E-state index is 3.54. The topological polar surface area (TPSA) is 12.0 Å². The third kappa shape index (κ3) is 2.46. The first-order chi connectivity index (χ1) is 7.83. The van der Waals surface area contributed by atoms with E-state index in [4.69, 9.17) is 0 Å². The number of rotatable bonds is 3. The fourth-order valence-corrected chi connectivity index (χ4v) is 2.93. The van der Waals surface area contributed by atoms with Gasteiger partial charge in [0.2, 0.25) is 0 Å². The summed E-state index contributed by atoms with van der Waals surface area (Å²) in [6.45, 7) is 7.07. The lowest BCUT2D eigenvalue weighted by Crippen LogP contribution is -2.37. The van der Waals surface area contributed by atoms with E-state index in [0.717, 1.165) is 18.4 Å². The molecule has 88 valence electrons. The molecule has 0 radical (unpaired) electrons. The zero-order valence-corrected chi connectivity index (χ0v) is 10.4. The monoisotopic (exact) mass is 217 g/mol. The maximum atomic E-state index is 3.54. The summed E-state index contributed by atoms with van der Waals surface area (Å²) in [6.07, 6.45) is 2.63. The van der Waals surface area contributed by atoms with Crippen molar-refractivity contribution in [2.75, 3.05) is 13.1 Å². The SMILES string of the molecule is CCC(C)C1CCNCC1c1ccccc1. The van der Waals surface area contributed by atoms with Gasteiger partial charge in [-0.15, -0.1) is 0 Å². The molecule has 1 aromatic rings. The zero-order valence-electron chi connectivity index (χ0n) is 10.4. The van der Waals surface area contributed by atoms with Crippen molar-refractivity contribution in [3.63, 3.8) is 0 Å². The molecular weight excluding hydrogens is 194 g/mol. The lowest BCUT2D eigenvalue weighted by Gasteiger charge is -2.36. The van der Waals surface area contributed by atoms with Gasteiger partial charge in [0.05, 0.1) is 0 Å². The molecule has 0 saturated carbocycles. The smallest absolute Gasteiger partial charge is 0.00229 e. The van der Waals surface area contributed by atoms with E-state index >= 15 is 0 Å². The van der Waals surface area contributed by atoms with Crippen LogP contribution in [0.15, 0.2) is 30.3 Å². The Morgan fingerprint density at radius 2 is 2.06 bits per heavy atom. The second kappa shape index (κ2) is 5.49.